The molecule has 0 spiro atoms. The predicted octanol–water partition coefficient (Wildman–Crippen LogP) is 0.836. The molecule has 6 heteroatoms. The van der Waals surface area contributed by atoms with Crippen LogP contribution in [0.1, 0.15) is 22.8 Å². The lowest BCUT2D eigenvalue weighted by atomic mass is 10.1. The summed E-state index contributed by atoms with van der Waals surface area (Å²) in [5, 5.41) is 0. The number of nitrogen functional groups attached to an aromatic ring is 1. The Kier molecular flexibility index (Phi) is 3.54. The van der Waals surface area contributed by atoms with Crippen LogP contribution in [0.3, 0.4) is 0 Å². The van der Waals surface area contributed by atoms with Gasteiger partial charge in [0.15, 0.2) is 9.84 Å². The van der Waals surface area contributed by atoms with Gasteiger partial charge in [-0.05, 0) is 31.5 Å². The Balaban J connectivity index is 2.25. The number of rotatable bonds is 1. The van der Waals surface area contributed by atoms with E-state index in [4.69, 9.17) is 5.73 Å². The molecule has 0 radical (unpaired) electrons. The van der Waals surface area contributed by atoms with E-state index in [2.05, 4.69) is 0 Å². The van der Waals surface area contributed by atoms with Crippen molar-refractivity contribution in [3.05, 3.63) is 29.3 Å². The van der Waals surface area contributed by atoms with Gasteiger partial charge in [-0.2, -0.15) is 0 Å². The molecule has 1 heterocycles. The Labute approximate surface area is 113 Å². The summed E-state index contributed by atoms with van der Waals surface area (Å²) in [6.45, 7) is 3.88. The molecule has 1 atom stereocenters. The fourth-order valence-electron chi connectivity index (χ4n) is 2.33. The summed E-state index contributed by atoms with van der Waals surface area (Å²) in [4.78, 5) is 14.0. The molecule has 0 aliphatic carbocycles. The van der Waals surface area contributed by atoms with E-state index in [1.165, 1.54) is 0 Å². The van der Waals surface area contributed by atoms with E-state index in [9.17, 15) is 13.2 Å². The zero-order chi connectivity index (χ0) is 14.2. The lowest BCUT2D eigenvalue weighted by Crippen LogP contribution is -2.49. The van der Waals surface area contributed by atoms with E-state index >= 15 is 0 Å². The van der Waals surface area contributed by atoms with Crippen molar-refractivity contribution in [1.29, 1.82) is 0 Å². The van der Waals surface area contributed by atoms with Gasteiger partial charge in [0.25, 0.3) is 5.91 Å². The van der Waals surface area contributed by atoms with Gasteiger partial charge in [0.2, 0.25) is 0 Å². The monoisotopic (exact) mass is 282 g/mol. The van der Waals surface area contributed by atoms with Crippen molar-refractivity contribution in [1.82, 2.24) is 4.90 Å². The molecule has 2 N–H and O–H groups in total. The summed E-state index contributed by atoms with van der Waals surface area (Å²) in [5.74, 6) is -0.154. The van der Waals surface area contributed by atoms with Crippen LogP contribution in [0, 0.1) is 6.92 Å². The van der Waals surface area contributed by atoms with Crippen LogP contribution in [0.25, 0.3) is 0 Å². The zero-order valence-corrected chi connectivity index (χ0v) is 11.9. The Morgan fingerprint density at radius 2 is 2.11 bits per heavy atom. The minimum Gasteiger partial charge on any atom is -0.398 e. The van der Waals surface area contributed by atoms with Crippen molar-refractivity contribution < 1.29 is 13.2 Å². The Morgan fingerprint density at radius 1 is 1.42 bits per heavy atom. The van der Waals surface area contributed by atoms with Gasteiger partial charge in [-0.25, -0.2) is 8.42 Å². The molecule has 104 valence electrons. The molecule has 19 heavy (non-hydrogen) atoms. The molecule has 1 unspecified atom stereocenters. The molecular formula is C13H18N2O3S. The first-order valence-corrected chi connectivity index (χ1v) is 8.00. The summed E-state index contributed by atoms with van der Waals surface area (Å²) < 4.78 is 23.0. The van der Waals surface area contributed by atoms with Crippen LogP contribution >= 0.6 is 0 Å². The number of nitrogens with two attached hydrogens (primary N) is 1. The Morgan fingerprint density at radius 3 is 2.68 bits per heavy atom. The van der Waals surface area contributed by atoms with Gasteiger partial charge in [0.1, 0.15) is 0 Å². The Bertz CT molecular complexity index is 610. The average molecular weight is 282 g/mol. The predicted molar refractivity (Wildman–Crippen MR) is 74.7 cm³/mol. The lowest BCUT2D eigenvalue weighted by molar-refractivity contribution is 0.0713. The summed E-state index contributed by atoms with van der Waals surface area (Å²) in [7, 11) is -3.02. The van der Waals surface area contributed by atoms with Crippen molar-refractivity contribution >= 4 is 21.4 Å². The SMILES string of the molecule is Cc1ccc(C(=O)N2CCS(=O)(=O)CC2C)c(N)c1. The molecule has 0 bridgehead atoms. The molecule has 1 aliphatic heterocycles. The quantitative estimate of drug-likeness (QED) is 0.774. The maximum absolute atomic E-state index is 12.4. The third kappa shape index (κ3) is 2.89. The summed E-state index contributed by atoms with van der Waals surface area (Å²) in [6.07, 6.45) is 0. The van der Waals surface area contributed by atoms with Crippen LogP contribution in [0.5, 0.6) is 0 Å². The van der Waals surface area contributed by atoms with Gasteiger partial charge in [-0.1, -0.05) is 6.07 Å². The average Bonchev–Trinajstić information content (AvgIpc) is 2.26. The topological polar surface area (TPSA) is 80.5 Å². The summed E-state index contributed by atoms with van der Waals surface area (Å²) >= 11 is 0. The highest BCUT2D eigenvalue weighted by Crippen LogP contribution is 2.20. The second kappa shape index (κ2) is 4.85. The maximum Gasteiger partial charge on any atom is 0.256 e. The van der Waals surface area contributed by atoms with Crippen molar-refractivity contribution in [2.75, 3.05) is 23.8 Å². The fraction of sp³-hybridized carbons (Fsp3) is 0.462. The highest BCUT2D eigenvalue weighted by molar-refractivity contribution is 7.91. The highest BCUT2D eigenvalue weighted by Gasteiger charge is 2.32. The van der Waals surface area contributed by atoms with Crippen molar-refractivity contribution in [3.8, 4) is 0 Å². The van der Waals surface area contributed by atoms with Crippen molar-refractivity contribution in [2.24, 2.45) is 0 Å². The van der Waals surface area contributed by atoms with E-state index in [1.807, 2.05) is 13.0 Å². The van der Waals surface area contributed by atoms with E-state index in [-0.39, 0.29) is 30.0 Å². The molecule has 1 amide bonds. The molecule has 5 nitrogen and oxygen atoms in total. The molecular weight excluding hydrogens is 264 g/mol. The normalized spacial score (nSPS) is 22.2. The van der Waals surface area contributed by atoms with Crippen LogP contribution in [-0.4, -0.2) is 43.3 Å². The third-order valence-corrected chi connectivity index (χ3v) is 5.16. The first-order valence-electron chi connectivity index (χ1n) is 6.18. The Hall–Kier alpha value is -1.56. The van der Waals surface area contributed by atoms with Gasteiger partial charge >= 0.3 is 0 Å². The number of anilines is 1. The number of amides is 1. The van der Waals surface area contributed by atoms with E-state index in [0.717, 1.165) is 5.56 Å². The number of hydrogen-bond donors (Lipinski definition) is 1. The highest BCUT2D eigenvalue weighted by atomic mass is 32.2. The third-order valence-electron chi connectivity index (χ3n) is 3.37. The van der Waals surface area contributed by atoms with Gasteiger partial charge in [-0.3, -0.25) is 4.79 Å². The fourth-order valence-corrected chi connectivity index (χ4v) is 3.89. The number of sulfone groups is 1. The smallest absolute Gasteiger partial charge is 0.256 e. The minimum atomic E-state index is -3.02. The van der Waals surface area contributed by atoms with E-state index in [0.29, 0.717) is 11.3 Å². The number of nitrogens with zero attached hydrogens (tertiary/aromatic N) is 1. The second-order valence-corrected chi connectivity index (χ2v) is 7.28. The number of aryl methyl sites for hydroxylation is 1. The molecule has 2 rings (SSSR count). The molecule has 1 aromatic carbocycles. The minimum absolute atomic E-state index is 0.0184. The van der Waals surface area contributed by atoms with Crippen LogP contribution in [0.2, 0.25) is 0 Å². The van der Waals surface area contributed by atoms with Gasteiger partial charge in [0, 0.05) is 18.3 Å². The van der Waals surface area contributed by atoms with E-state index < -0.39 is 9.84 Å². The molecule has 1 aliphatic rings. The number of carbonyl (C=O) groups is 1. The zero-order valence-electron chi connectivity index (χ0n) is 11.1. The van der Waals surface area contributed by atoms with Crippen LogP contribution in [-0.2, 0) is 9.84 Å². The molecule has 0 aromatic heterocycles. The second-order valence-electron chi connectivity index (χ2n) is 5.05. The van der Waals surface area contributed by atoms with Crippen molar-refractivity contribution in [2.45, 2.75) is 19.9 Å². The largest absolute Gasteiger partial charge is 0.398 e. The first kappa shape index (κ1) is 13.9. The molecule has 1 saturated heterocycles. The van der Waals surface area contributed by atoms with Crippen LogP contribution in [0.15, 0.2) is 18.2 Å². The summed E-state index contributed by atoms with van der Waals surface area (Å²) in [6, 6.07) is 4.96. The van der Waals surface area contributed by atoms with Crippen LogP contribution in [0.4, 0.5) is 5.69 Å². The molecule has 1 aromatic rings. The lowest BCUT2D eigenvalue weighted by Gasteiger charge is -2.33. The van der Waals surface area contributed by atoms with E-state index in [1.54, 1.807) is 24.0 Å². The number of hydrogen-bond acceptors (Lipinski definition) is 4. The van der Waals surface area contributed by atoms with Gasteiger partial charge in [-0.15, -0.1) is 0 Å². The van der Waals surface area contributed by atoms with Gasteiger partial charge < -0.3 is 10.6 Å². The summed E-state index contributed by atoms with van der Waals surface area (Å²) in [5.41, 5.74) is 7.73. The maximum atomic E-state index is 12.4. The molecule has 1 fully saturated rings. The molecule has 0 saturated carbocycles. The first-order chi connectivity index (χ1) is 8.80. The standard InChI is InChI=1S/C13H18N2O3S/c1-9-3-4-11(12(14)7-9)13(16)15-5-6-19(17,18)8-10(15)2/h3-4,7,10H,5-6,8,14H2,1-2H3. The van der Waals surface area contributed by atoms with Crippen molar-refractivity contribution in [3.63, 3.8) is 0 Å². The van der Waals surface area contributed by atoms with Crippen LogP contribution < -0.4 is 5.73 Å². The number of benzene rings is 1. The van der Waals surface area contributed by atoms with Gasteiger partial charge in [0.05, 0.1) is 17.1 Å². The number of carbonyl (C=O) groups excluding carboxylic acids is 1.